The van der Waals surface area contributed by atoms with Crippen LogP contribution >= 0.6 is 0 Å². The summed E-state index contributed by atoms with van der Waals surface area (Å²) in [5.41, 5.74) is 7.50. The van der Waals surface area contributed by atoms with E-state index < -0.39 is 23.0 Å². The summed E-state index contributed by atoms with van der Waals surface area (Å²) in [5, 5.41) is 8.68. The largest absolute Gasteiger partial charge is 0.366 e. The third kappa shape index (κ3) is 2.26. The number of halogens is 2. The highest BCUT2D eigenvalue weighted by molar-refractivity contribution is 5.92. The highest BCUT2D eigenvalue weighted by Gasteiger charge is 2.65. The molecule has 2 aromatic heterocycles. The predicted molar refractivity (Wildman–Crippen MR) is 107 cm³/mol. The summed E-state index contributed by atoms with van der Waals surface area (Å²) in [6.45, 7) is 4.29. The predicted octanol–water partition coefficient (Wildman–Crippen LogP) is 4.12. The molecule has 2 aliphatic carbocycles. The van der Waals surface area contributed by atoms with Crippen LogP contribution in [0.2, 0.25) is 0 Å². The van der Waals surface area contributed by atoms with Crippen LogP contribution in [0.4, 0.5) is 8.78 Å². The van der Waals surface area contributed by atoms with Crippen molar-refractivity contribution >= 4 is 5.91 Å². The van der Waals surface area contributed by atoms with Crippen LogP contribution in [0.5, 0.6) is 0 Å². The molecule has 1 amide bonds. The number of hydrogen-bond donors (Lipinski definition) is 1. The molecule has 0 radical (unpaired) electrons. The van der Waals surface area contributed by atoms with Crippen molar-refractivity contribution in [1.82, 2.24) is 15.2 Å². The average Bonchev–Trinajstić information content (AvgIpc) is 3.09. The van der Waals surface area contributed by atoms with Crippen LogP contribution < -0.4 is 5.73 Å². The van der Waals surface area contributed by atoms with Crippen molar-refractivity contribution in [2.75, 3.05) is 0 Å². The van der Waals surface area contributed by atoms with Gasteiger partial charge in [-0.1, -0.05) is 19.9 Å². The van der Waals surface area contributed by atoms with E-state index in [1.165, 1.54) is 18.2 Å². The van der Waals surface area contributed by atoms with Gasteiger partial charge in [-0.05, 0) is 60.1 Å². The summed E-state index contributed by atoms with van der Waals surface area (Å²) >= 11 is 0. The Kier molecular flexibility index (Phi) is 3.84. The Hall–Kier alpha value is -3.22. The number of amides is 1. The lowest BCUT2D eigenvalue weighted by Gasteiger charge is -2.37. The second-order valence-corrected chi connectivity index (χ2v) is 8.64. The van der Waals surface area contributed by atoms with Crippen LogP contribution in [0.3, 0.4) is 0 Å². The molecule has 2 bridgehead atoms. The monoisotopic (exact) mass is 406 g/mol. The van der Waals surface area contributed by atoms with E-state index >= 15 is 0 Å². The van der Waals surface area contributed by atoms with Gasteiger partial charge >= 0.3 is 0 Å². The normalized spacial score (nSPS) is 23.4. The van der Waals surface area contributed by atoms with E-state index in [0.29, 0.717) is 5.56 Å². The minimum Gasteiger partial charge on any atom is -0.366 e. The van der Waals surface area contributed by atoms with E-state index in [0.717, 1.165) is 29.8 Å². The van der Waals surface area contributed by atoms with Gasteiger partial charge in [-0.25, -0.2) is 8.78 Å². The number of hydrogen-bond acceptors (Lipinski definition) is 4. The molecule has 2 N–H and O–H groups in total. The smallest absolute Gasteiger partial charge is 0.248 e. The average molecular weight is 406 g/mol. The lowest BCUT2D eigenvalue weighted by atomic mass is 9.66. The minimum absolute atomic E-state index is 0.135. The minimum atomic E-state index is -0.669. The second kappa shape index (κ2) is 6.14. The fraction of sp³-hybridized carbons (Fsp3) is 0.304. The zero-order valence-electron chi connectivity index (χ0n) is 16.6. The van der Waals surface area contributed by atoms with Crippen LogP contribution in [-0.4, -0.2) is 21.1 Å². The van der Waals surface area contributed by atoms with Crippen molar-refractivity contribution in [3.05, 3.63) is 76.7 Å². The molecule has 3 aromatic rings. The molecule has 0 unspecified atom stereocenters. The van der Waals surface area contributed by atoms with Crippen molar-refractivity contribution in [2.45, 2.75) is 38.0 Å². The molecule has 1 saturated carbocycles. The van der Waals surface area contributed by atoms with Gasteiger partial charge in [-0.15, -0.1) is 5.10 Å². The molecular weight excluding hydrogens is 386 g/mol. The number of benzene rings is 1. The highest BCUT2D eigenvalue weighted by atomic mass is 19.1. The Morgan fingerprint density at radius 2 is 1.87 bits per heavy atom. The third-order valence-electron chi connectivity index (χ3n) is 7.08. The van der Waals surface area contributed by atoms with Crippen molar-refractivity contribution in [2.24, 2.45) is 11.1 Å². The summed E-state index contributed by atoms with van der Waals surface area (Å²) in [4.78, 5) is 16.3. The molecular formula is C23H20F2N4O. The molecule has 2 atom stereocenters. The molecule has 7 heteroatoms. The Morgan fingerprint density at radius 3 is 2.57 bits per heavy atom. The molecule has 152 valence electrons. The van der Waals surface area contributed by atoms with Gasteiger partial charge in [0, 0.05) is 11.8 Å². The number of nitrogens with zero attached hydrogens (tertiary/aromatic N) is 3. The molecule has 0 saturated heterocycles. The van der Waals surface area contributed by atoms with E-state index in [9.17, 15) is 13.6 Å². The molecule has 0 spiro atoms. The van der Waals surface area contributed by atoms with Crippen LogP contribution in [-0.2, 0) is 5.41 Å². The van der Waals surface area contributed by atoms with E-state index in [-0.39, 0.29) is 22.6 Å². The first kappa shape index (κ1) is 18.8. The number of pyridine rings is 1. The summed E-state index contributed by atoms with van der Waals surface area (Å²) in [7, 11) is 0. The SMILES string of the molecule is CC1(C)[C@H]2CC[C@]1(c1cc(C(N)=O)ccn1)c1nnc(-c3c(F)cccc3F)cc12. The van der Waals surface area contributed by atoms with Crippen molar-refractivity contribution in [1.29, 1.82) is 0 Å². The molecule has 5 nitrogen and oxygen atoms in total. The first-order valence-electron chi connectivity index (χ1n) is 9.86. The van der Waals surface area contributed by atoms with Gasteiger partial charge in [-0.3, -0.25) is 9.78 Å². The van der Waals surface area contributed by atoms with Gasteiger partial charge in [0.15, 0.2) is 0 Å². The lowest BCUT2D eigenvalue weighted by molar-refractivity contribution is 0.0999. The number of rotatable bonds is 3. The highest BCUT2D eigenvalue weighted by Crippen LogP contribution is 2.69. The summed E-state index contributed by atoms with van der Waals surface area (Å²) in [6.07, 6.45) is 3.27. The van der Waals surface area contributed by atoms with Crippen LogP contribution in [0, 0.1) is 17.0 Å². The molecule has 30 heavy (non-hydrogen) atoms. The number of aromatic nitrogens is 3. The Bertz CT molecular complexity index is 1190. The fourth-order valence-electron chi connectivity index (χ4n) is 5.57. The summed E-state index contributed by atoms with van der Waals surface area (Å²) in [6, 6.07) is 8.83. The van der Waals surface area contributed by atoms with Crippen molar-refractivity contribution in [3.8, 4) is 11.3 Å². The lowest BCUT2D eigenvalue weighted by Crippen LogP contribution is -2.38. The molecule has 5 rings (SSSR count). The van der Waals surface area contributed by atoms with Crippen molar-refractivity contribution < 1.29 is 13.6 Å². The number of primary amides is 1. The standard InChI is InChI=1S/C23H20F2N4O/c1-22(2)14-6-8-23(22,18-10-12(21(26)30)7-9-27-18)20-13(14)11-17(28-29-20)19-15(24)4-3-5-16(19)25/h3-5,7,9-11,14H,6,8H2,1-2H3,(H2,26,30)/t14-,23-/m0/s1. The van der Waals surface area contributed by atoms with E-state index in [1.54, 1.807) is 24.4 Å². The Morgan fingerprint density at radius 1 is 1.13 bits per heavy atom. The topological polar surface area (TPSA) is 81.8 Å². The molecule has 2 heterocycles. The Labute approximate surface area is 172 Å². The second-order valence-electron chi connectivity index (χ2n) is 8.64. The quantitative estimate of drug-likeness (QED) is 0.709. The molecule has 0 aliphatic heterocycles. The zero-order valence-corrected chi connectivity index (χ0v) is 16.6. The van der Waals surface area contributed by atoms with E-state index in [1.807, 2.05) is 0 Å². The van der Waals surface area contributed by atoms with Gasteiger partial charge < -0.3 is 5.73 Å². The van der Waals surface area contributed by atoms with Crippen LogP contribution in [0.15, 0.2) is 42.6 Å². The van der Waals surface area contributed by atoms with Gasteiger partial charge in [0.1, 0.15) is 11.6 Å². The van der Waals surface area contributed by atoms with Gasteiger partial charge in [-0.2, -0.15) is 5.10 Å². The molecule has 2 aliphatic rings. The maximum absolute atomic E-state index is 14.3. The number of carbonyl (C=O) groups is 1. The van der Waals surface area contributed by atoms with E-state index in [2.05, 4.69) is 29.0 Å². The van der Waals surface area contributed by atoms with Crippen LogP contribution in [0.1, 0.15) is 59.9 Å². The number of fused-ring (bicyclic) bond motifs is 5. The van der Waals surface area contributed by atoms with Gasteiger partial charge in [0.2, 0.25) is 5.91 Å². The van der Waals surface area contributed by atoms with E-state index in [4.69, 9.17) is 5.73 Å². The number of nitrogens with two attached hydrogens (primary N) is 1. The summed E-state index contributed by atoms with van der Waals surface area (Å²) in [5.74, 6) is -1.72. The van der Waals surface area contributed by atoms with Gasteiger partial charge in [0.25, 0.3) is 0 Å². The maximum atomic E-state index is 14.3. The zero-order chi connectivity index (χ0) is 21.3. The fourth-order valence-corrected chi connectivity index (χ4v) is 5.57. The Balaban J connectivity index is 1.72. The maximum Gasteiger partial charge on any atom is 0.248 e. The molecule has 1 fully saturated rings. The van der Waals surface area contributed by atoms with Gasteiger partial charge in [0.05, 0.1) is 28.1 Å². The number of carbonyl (C=O) groups excluding carboxylic acids is 1. The third-order valence-corrected chi connectivity index (χ3v) is 7.08. The van der Waals surface area contributed by atoms with Crippen LogP contribution in [0.25, 0.3) is 11.3 Å². The molecule has 1 aromatic carbocycles. The van der Waals surface area contributed by atoms with Crippen molar-refractivity contribution in [3.63, 3.8) is 0 Å². The first-order chi connectivity index (χ1) is 14.3. The summed E-state index contributed by atoms with van der Waals surface area (Å²) < 4.78 is 28.7. The first-order valence-corrected chi connectivity index (χ1v) is 9.86.